The molecule has 0 bridgehead atoms. The lowest BCUT2D eigenvalue weighted by molar-refractivity contribution is 0.218. The molecule has 0 saturated carbocycles. The van der Waals surface area contributed by atoms with Gasteiger partial charge in [0.1, 0.15) is 5.82 Å². The van der Waals surface area contributed by atoms with Gasteiger partial charge in [-0.3, -0.25) is 4.40 Å². The Hall–Kier alpha value is -1.42. The minimum absolute atomic E-state index is 0.561. The summed E-state index contributed by atoms with van der Waals surface area (Å²) in [7, 11) is 0. The topological polar surface area (TPSA) is 33.4 Å². The first kappa shape index (κ1) is 11.7. The van der Waals surface area contributed by atoms with Crippen LogP contribution in [0.2, 0.25) is 0 Å². The lowest BCUT2D eigenvalue weighted by Crippen LogP contribution is -2.33. The van der Waals surface area contributed by atoms with E-state index < -0.39 is 0 Å². The van der Waals surface area contributed by atoms with Crippen LogP contribution in [0.5, 0.6) is 0 Å². The minimum atomic E-state index is 0.561. The van der Waals surface area contributed by atoms with Crippen LogP contribution in [0.3, 0.4) is 0 Å². The molecular weight excluding hydrogens is 224 g/mol. The molecule has 0 amide bonds. The smallest absolute Gasteiger partial charge is 0.161 e. The number of likely N-dealkylation sites (tertiary alicyclic amines) is 1. The third-order valence-corrected chi connectivity index (χ3v) is 3.99. The maximum Gasteiger partial charge on any atom is 0.161 e. The molecular formula is C14H20N4. The summed E-state index contributed by atoms with van der Waals surface area (Å²) in [6.07, 6.45) is 4.50. The Morgan fingerprint density at radius 1 is 1.28 bits per heavy atom. The van der Waals surface area contributed by atoms with Crippen LogP contribution in [-0.4, -0.2) is 39.1 Å². The summed E-state index contributed by atoms with van der Waals surface area (Å²) in [4.78, 5) is 2.50. The number of pyridine rings is 1. The highest BCUT2D eigenvalue weighted by Crippen LogP contribution is 2.26. The number of piperidine rings is 1. The third-order valence-electron chi connectivity index (χ3n) is 3.99. The Bertz CT molecular complexity index is 538. The molecule has 96 valence electrons. The van der Waals surface area contributed by atoms with E-state index in [0.29, 0.717) is 5.92 Å². The summed E-state index contributed by atoms with van der Waals surface area (Å²) in [5.74, 6) is 1.70. The molecule has 0 unspecified atom stereocenters. The quantitative estimate of drug-likeness (QED) is 0.812. The molecule has 0 spiro atoms. The average molecular weight is 244 g/mol. The highest BCUT2D eigenvalue weighted by molar-refractivity contribution is 5.41. The average Bonchev–Trinajstić information content (AvgIpc) is 2.81. The molecule has 1 fully saturated rings. The van der Waals surface area contributed by atoms with E-state index in [-0.39, 0.29) is 0 Å². The molecule has 1 aliphatic heterocycles. The largest absolute Gasteiger partial charge is 0.304 e. The predicted octanol–water partition coefficient (Wildman–Crippen LogP) is 2.24. The van der Waals surface area contributed by atoms with Crippen molar-refractivity contribution in [3.05, 3.63) is 29.7 Å². The van der Waals surface area contributed by atoms with Crippen LogP contribution in [-0.2, 0) is 0 Å². The van der Waals surface area contributed by atoms with Gasteiger partial charge in [-0.2, -0.15) is 0 Å². The first-order valence-electron chi connectivity index (χ1n) is 6.81. The van der Waals surface area contributed by atoms with E-state index >= 15 is 0 Å². The summed E-state index contributed by atoms with van der Waals surface area (Å²) in [5, 5.41) is 8.70. The second kappa shape index (κ2) is 4.69. The summed E-state index contributed by atoms with van der Waals surface area (Å²) in [5.41, 5.74) is 2.21. The highest BCUT2D eigenvalue weighted by atomic mass is 15.2. The Labute approximate surface area is 108 Å². The summed E-state index contributed by atoms with van der Waals surface area (Å²) < 4.78 is 2.15. The molecule has 0 aromatic carbocycles. The minimum Gasteiger partial charge on any atom is -0.304 e. The second-order valence-electron chi connectivity index (χ2n) is 5.20. The van der Waals surface area contributed by atoms with Gasteiger partial charge in [0, 0.05) is 12.1 Å². The van der Waals surface area contributed by atoms with Crippen molar-refractivity contribution < 1.29 is 0 Å². The number of nitrogens with zero attached hydrogens (tertiary/aromatic N) is 4. The molecule has 0 aliphatic carbocycles. The van der Waals surface area contributed by atoms with Crippen LogP contribution in [0, 0.1) is 6.92 Å². The lowest BCUT2D eigenvalue weighted by Gasteiger charge is -2.30. The maximum atomic E-state index is 4.41. The lowest BCUT2D eigenvalue weighted by atomic mass is 9.96. The first-order valence-corrected chi connectivity index (χ1v) is 6.81. The Kier molecular flexibility index (Phi) is 3.04. The van der Waals surface area contributed by atoms with Crippen molar-refractivity contribution in [2.45, 2.75) is 32.6 Å². The van der Waals surface area contributed by atoms with Crippen molar-refractivity contribution in [1.29, 1.82) is 0 Å². The summed E-state index contributed by atoms with van der Waals surface area (Å²) >= 11 is 0. The van der Waals surface area contributed by atoms with Gasteiger partial charge in [0.05, 0.1) is 0 Å². The van der Waals surface area contributed by atoms with Crippen molar-refractivity contribution in [3.8, 4) is 0 Å². The molecule has 4 nitrogen and oxygen atoms in total. The molecule has 0 atom stereocenters. The van der Waals surface area contributed by atoms with Crippen molar-refractivity contribution in [2.75, 3.05) is 19.6 Å². The van der Waals surface area contributed by atoms with Gasteiger partial charge >= 0.3 is 0 Å². The fourth-order valence-electron chi connectivity index (χ4n) is 2.80. The van der Waals surface area contributed by atoms with E-state index in [0.717, 1.165) is 18.0 Å². The molecule has 0 N–H and O–H groups in total. The zero-order valence-electron chi connectivity index (χ0n) is 11.1. The van der Waals surface area contributed by atoms with Gasteiger partial charge in [-0.05, 0) is 57.1 Å². The van der Waals surface area contributed by atoms with Crippen molar-refractivity contribution in [3.63, 3.8) is 0 Å². The van der Waals surface area contributed by atoms with E-state index in [1.165, 1.54) is 31.5 Å². The number of hydrogen-bond acceptors (Lipinski definition) is 3. The maximum absolute atomic E-state index is 4.41. The van der Waals surface area contributed by atoms with E-state index in [4.69, 9.17) is 0 Å². The normalized spacial score (nSPS) is 18.6. The number of fused-ring (bicyclic) bond motifs is 1. The van der Waals surface area contributed by atoms with Gasteiger partial charge in [-0.25, -0.2) is 0 Å². The summed E-state index contributed by atoms with van der Waals surface area (Å²) in [6, 6.07) is 4.22. The Morgan fingerprint density at radius 3 is 2.78 bits per heavy atom. The standard InChI is InChI=1S/C14H20N4/c1-3-17-7-5-12(6-8-17)14-16-15-13-10-11(2)4-9-18(13)14/h4,9-10,12H,3,5-8H2,1-2H3. The van der Waals surface area contributed by atoms with Gasteiger partial charge in [0.25, 0.3) is 0 Å². The molecule has 0 radical (unpaired) electrons. The SMILES string of the molecule is CCN1CCC(c2nnc3cc(C)ccn23)CC1. The molecule has 1 aliphatic rings. The van der Waals surface area contributed by atoms with Gasteiger partial charge < -0.3 is 4.90 Å². The molecule has 1 saturated heterocycles. The van der Waals surface area contributed by atoms with Crippen LogP contribution in [0.1, 0.15) is 37.1 Å². The molecule has 4 heteroatoms. The van der Waals surface area contributed by atoms with E-state index in [9.17, 15) is 0 Å². The Balaban J connectivity index is 1.87. The van der Waals surface area contributed by atoms with Gasteiger partial charge in [0.2, 0.25) is 0 Å². The van der Waals surface area contributed by atoms with E-state index in [2.05, 4.69) is 51.7 Å². The zero-order chi connectivity index (χ0) is 12.5. The van der Waals surface area contributed by atoms with E-state index in [1.54, 1.807) is 0 Å². The third kappa shape index (κ3) is 2.01. The van der Waals surface area contributed by atoms with Gasteiger partial charge in [-0.1, -0.05) is 6.92 Å². The zero-order valence-corrected chi connectivity index (χ0v) is 11.1. The van der Waals surface area contributed by atoms with Crippen molar-refractivity contribution >= 4 is 5.65 Å². The first-order chi connectivity index (χ1) is 8.78. The predicted molar refractivity (Wildman–Crippen MR) is 71.8 cm³/mol. The Morgan fingerprint density at radius 2 is 2.06 bits per heavy atom. The number of hydrogen-bond donors (Lipinski definition) is 0. The molecule has 3 heterocycles. The van der Waals surface area contributed by atoms with Crippen molar-refractivity contribution in [1.82, 2.24) is 19.5 Å². The van der Waals surface area contributed by atoms with Crippen LogP contribution < -0.4 is 0 Å². The fourth-order valence-corrected chi connectivity index (χ4v) is 2.80. The van der Waals surface area contributed by atoms with Crippen LogP contribution in [0.4, 0.5) is 0 Å². The number of aryl methyl sites for hydroxylation is 1. The van der Waals surface area contributed by atoms with Gasteiger partial charge in [0.15, 0.2) is 5.65 Å². The summed E-state index contributed by atoms with van der Waals surface area (Å²) in [6.45, 7) is 7.85. The molecule has 2 aromatic heterocycles. The monoisotopic (exact) mass is 244 g/mol. The molecule has 2 aromatic rings. The van der Waals surface area contributed by atoms with Crippen LogP contribution in [0.15, 0.2) is 18.3 Å². The molecule has 3 rings (SSSR count). The second-order valence-corrected chi connectivity index (χ2v) is 5.20. The van der Waals surface area contributed by atoms with Crippen molar-refractivity contribution in [2.24, 2.45) is 0 Å². The van der Waals surface area contributed by atoms with Gasteiger partial charge in [-0.15, -0.1) is 10.2 Å². The highest BCUT2D eigenvalue weighted by Gasteiger charge is 2.23. The fraction of sp³-hybridized carbons (Fsp3) is 0.571. The number of rotatable bonds is 2. The van der Waals surface area contributed by atoms with Crippen LogP contribution >= 0.6 is 0 Å². The number of aromatic nitrogens is 3. The van der Waals surface area contributed by atoms with Crippen LogP contribution in [0.25, 0.3) is 5.65 Å². The van der Waals surface area contributed by atoms with E-state index in [1.807, 2.05) is 0 Å². The molecule has 18 heavy (non-hydrogen) atoms.